The third-order valence-electron chi connectivity index (χ3n) is 1.74. The van der Waals surface area contributed by atoms with Crippen LogP contribution in [0, 0.1) is 13.0 Å². The third-order valence-corrected chi connectivity index (χ3v) is 4.09. The van der Waals surface area contributed by atoms with Crippen LogP contribution in [0.4, 0.5) is 5.69 Å². The summed E-state index contributed by atoms with van der Waals surface area (Å²) in [5.74, 6) is 0. The van der Waals surface area contributed by atoms with Crippen molar-refractivity contribution in [3.63, 3.8) is 0 Å². The predicted molar refractivity (Wildman–Crippen MR) is 66.2 cm³/mol. The van der Waals surface area contributed by atoms with E-state index in [9.17, 15) is 10.1 Å². The number of non-ortho nitro benzene ring substituents is 1. The van der Waals surface area contributed by atoms with Gasteiger partial charge in [-0.1, -0.05) is 11.6 Å². The van der Waals surface area contributed by atoms with Crippen molar-refractivity contribution in [2.24, 2.45) is 0 Å². The van der Waals surface area contributed by atoms with Crippen molar-refractivity contribution in [1.82, 2.24) is 0 Å². The van der Waals surface area contributed by atoms with Crippen LogP contribution >= 0.6 is 45.5 Å². The average molecular weight is 340 g/mol. The van der Waals surface area contributed by atoms with Crippen LogP contribution in [-0.2, 0) is 0 Å². The number of halogens is 2. The number of hydrogen-bond donors (Lipinski definition) is 0. The number of rotatable bonds is 1. The highest BCUT2D eigenvalue weighted by molar-refractivity contribution is 14.1. The molecule has 1 heterocycles. The van der Waals surface area contributed by atoms with Gasteiger partial charge in [0.25, 0.3) is 5.69 Å². The van der Waals surface area contributed by atoms with E-state index in [0.717, 1.165) is 13.0 Å². The monoisotopic (exact) mass is 339 g/mol. The topological polar surface area (TPSA) is 43.1 Å². The molecule has 0 aliphatic rings. The fraction of sp³-hybridized carbons (Fsp3) is 0. The van der Waals surface area contributed by atoms with Gasteiger partial charge in [0.1, 0.15) is 0 Å². The minimum atomic E-state index is -0.435. The second-order valence-corrected chi connectivity index (χ2v) is 6.01. The molecule has 0 aliphatic heterocycles. The molecule has 1 aromatic heterocycles. The van der Waals surface area contributed by atoms with Crippen molar-refractivity contribution in [1.29, 1.82) is 0 Å². The largest absolute Gasteiger partial charge is 0.271 e. The van der Waals surface area contributed by atoms with Gasteiger partial charge >= 0.3 is 0 Å². The van der Waals surface area contributed by atoms with Crippen LogP contribution in [0.5, 0.6) is 0 Å². The first-order valence-electron chi connectivity index (χ1n) is 3.61. The van der Waals surface area contributed by atoms with Crippen LogP contribution in [-0.4, -0.2) is 4.92 Å². The van der Waals surface area contributed by atoms with Gasteiger partial charge < -0.3 is 0 Å². The molecule has 0 bridgehead atoms. The molecule has 0 fully saturated rings. The van der Waals surface area contributed by atoms with Gasteiger partial charge in [-0.15, -0.1) is 11.3 Å². The molecule has 0 radical (unpaired) electrons. The zero-order valence-corrected chi connectivity index (χ0v) is 10.4. The van der Waals surface area contributed by atoms with Crippen molar-refractivity contribution in [3.8, 4) is 0 Å². The first-order chi connectivity index (χ1) is 6.58. The van der Waals surface area contributed by atoms with Gasteiger partial charge in [0.15, 0.2) is 0 Å². The van der Waals surface area contributed by atoms with Gasteiger partial charge in [0.05, 0.1) is 17.5 Å². The van der Waals surface area contributed by atoms with Crippen molar-refractivity contribution < 1.29 is 4.92 Å². The Morgan fingerprint density at radius 2 is 2.14 bits per heavy atom. The average Bonchev–Trinajstić information content (AvgIpc) is 2.45. The molecule has 0 atom stereocenters. The zero-order valence-electron chi connectivity index (χ0n) is 6.66. The summed E-state index contributed by atoms with van der Waals surface area (Å²) in [4.78, 5) is 10.1. The molecule has 0 aliphatic carbocycles. The number of nitro benzene ring substituents is 1. The molecule has 6 heteroatoms. The van der Waals surface area contributed by atoms with Crippen molar-refractivity contribution in [2.45, 2.75) is 0 Å². The summed E-state index contributed by atoms with van der Waals surface area (Å²) in [6.45, 7) is 0. The van der Waals surface area contributed by atoms with E-state index in [-0.39, 0.29) is 5.69 Å². The summed E-state index contributed by atoms with van der Waals surface area (Å²) in [6.07, 6.45) is 0. The maximum absolute atomic E-state index is 10.6. The van der Waals surface area contributed by atoms with Gasteiger partial charge in [-0.2, -0.15) is 0 Å². The van der Waals surface area contributed by atoms with E-state index in [2.05, 4.69) is 22.6 Å². The van der Waals surface area contributed by atoms with E-state index in [0.29, 0.717) is 5.02 Å². The Kier molecular flexibility index (Phi) is 2.63. The molecule has 1 aromatic carbocycles. The van der Waals surface area contributed by atoms with E-state index in [4.69, 9.17) is 11.6 Å². The Bertz CT molecular complexity index is 525. The molecule has 14 heavy (non-hydrogen) atoms. The summed E-state index contributed by atoms with van der Waals surface area (Å²) >= 11 is 9.62. The predicted octanol–water partition coefficient (Wildman–Crippen LogP) is 4.07. The molecule has 0 amide bonds. The lowest BCUT2D eigenvalue weighted by atomic mass is 10.2. The number of hydrogen-bond acceptors (Lipinski definition) is 3. The molecule has 3 nitrogen and oxygen atoms in total. The minimum absolute atomic E-state index is 0.0386. The second-order valence-electron chi connectivity index (χ2n) is 2.65. The van der Waals surface area contributed by atoms with Gasteiger partial charge in [0, 0.05) is 17.5 Å². The number of fused-ring (bicyclic) bond motifs is 1. The number of benzene rings is 1. The lowest BCUT2D eigenvalue weighted by Crippen LogP contribution is -1.86. The van der Waals surface area contributed by atoms with Crippen LogP contribution in [0.3, 0.4) is 0 Å². The summed E-state index contributed by atoms with van der Waals surface area (Å²) in [6, 6.07) is 4.82. The van der Waals surface area contributed by atoms with Crippen LogP contribution < -0.4 is 0 Å². The Hall–Kier alpha value is -0.400. The zero-order chi connectivity index (χ0) is 10.3. The van der Waals surface area contributed by atoms with Crippen LogP contribution in [0.1, 0.15) is 0 Å². The van der Waals surface area contributed by atoms with E-state index in [1.54, 1.807) is 6.07 Å². The third kappa shape index (κ3) is 1.71. The minimum Gasteiger partial charge on any atom is -0.258 e. The van der Waals surface area contributed by atoms with Crippen LogP contribution in [0.25, 0.3) is 10.1 Å². The van der Waals surface area contributed by atoms with Crippen molar-refractivity contribution in [3.05, 3.63) is 36.2 Å². The van der Waals surface area contributed by atoms with E-state index < -0.39 is 4.92 Å². The highest BCUT2D eigenvalue weighted by atomic mass is 127. The highest BCUT2D eigenvalue weighted by Gasteiger charge is 2.12. The highest BCUT2D eigenvalue weighted by Crippen LogP contribution is 2.35. The molecule has 2 rings (SSSR count). The molecule has 0 spiro atoms. The standard InChI is InChI=1S/C8H3ClINO2S/c9-6-3-5(11(12)13)1-4-2-7(10)14-8(4)6/h1-3H. The number of nitro groups is 1. The lowest BCUT2D eigenvalue weighted by molar-refractivity contribution is -0.384. The normalized spacial score (nSPS) is 10.7. The van der Waals surface area contributed by atoms with Crippen molar-refractivity contribution in [2.75, 3.05) is 0 Å². The molecule has 0 unspecified atom stereocenters. The molecular formula is C8H3ClINO2S. The fourth-order valence-corrected chi connectivity index (χ4v) is 3.28. The summed E-state index contributed by atoms with van der Waals surface area (Å²) < 4.78 is 1.97. The van der Waals surface area contributed by atoms with Crippen molar-refractivity contribution >= 4 is 61.3 Å². The lowest BCUT2D eigenvalue weighted by Gasteiger charge is -1.94. The molecule has 0 saturated carbocycles. The van der Waals surface area contributed by atoms with Gasteiger partial charge in [0.2, 0.25) is 0 Å². The number of thiophene rings is 1. The SMILES string of the molecule is O=[N+]([O-])c1cc(Cl)c2sc(I)cc2c1. The Morgan fingerprint density at radius 3 is 2.79 bits per heavy atom. The van der Waals surface area contributed by atoms with Gasteiger partial charge in [-0.05, 0) is 28.7 Å². The molecule has 0 N–H and O–H groups in total. The summed E-state index contributed by atoms with van der Waals surface area (Å²) in [5.41, 5.74) is 0.0386. The Labute approximate surface area is 102 Å². The maximum atomic E-state index is 10.6. The summed E-state index contributed by atoms with van der Waals surface area (Å²) in [5, 5.41) is 11.8. The first-order valence-corrected chi connectivity index (χ1v) is 5.88. The molecule has 2 aromatic rings. The Morgan fingerprint density at radius 1 is 1.43 bits per heavy atom. The van der Waals surface area contributed by atoms with E-state index in [1.165, 1.54) is 17.4 Å². The smallest absolute Gasteiger partial charge is 0.258 e. The van der Waals surface area contributed by atoms with Crippen LogP contribution in [0.15, 0.2) is 18.2 Å². The van der Waals surface area contributed by atoms with E-state index in [1.807, 2.05) is 6.07 Å². The fourth-order valence-electron chi connectivity index (χ4n) is 1.17. The van der Waals surface area contributed by atoms with E-state index >= 15 is 0 Å². The maximum Gasteiger partial charge on any atom is 0.271 e. The summed E-state index contributed by atoms with van der Waals surface area (Å²) in [7, 11) is 0. The molecule has 0 saturated heterocycles. The van der Waals surface area contributed by atoms with Gasteiger partial charge in [-0.25, -0.2) is 0 Å². The Balaban J connectivity index is 2.77. The second kappa shape index (κ2) is 3.63. The first kappa shape index (κ1) is 10.1. The molecule has 72 valence electrons. The quantitative estimate of drug-likeness (QED) is 0.446. The molecular weight excluding hydrogens is 337 g/mol. The number of nitrogens with zero attached hydrogens (tertiary/aromatic N) is 1. The van der Waals surface area contributed by atoms with Crippen LogP contribution in [0.2, 0.25) is 5.02 Å². The van der Waals surface area contributed by atoms with Gasteiger partial charge in [-0.3, -0.25) is 10.1 Å².